The third kappa shape index (κ3) is 3.75. The van der Waals surface area contributed by atoms with E-state index in [0.29, 0.717) is 13.1 Å². The van der Waals surface area contributed by atoms with Gasteiger partial charge in [0.05, 0.1) is 5.41 Å². The lowest BCUT2D eigenvalue weighted by Crippen LogP contribution is -2.55. The standard InChI is InChI=1S/C23H27N3O2/c27-21(23(14-7-15-23)18-8-3-1-4-9-18)26-16-12-20(13-17-26)25-22(28)24-19-10-5-2-6-11-19/h1-6,8-11,20H,7,12-17H2,(H2,24,25,28). The van der Waals surface area contributed by atoms with E-state index in [1.54, 1.807) is 0 Å². The Morgan fingerprint density at radius 2 is 1.50 bits per heavy atom. The van der Waals surface area contributed by atoms with E-state index < -0.39 is 0 Å². The molecule has 2 fully saturated rings. The minimum atomic E-state index is -0.327. The van der Waals surface area contributed by atoms with Crippen molar-refractivity contribution in [2.75, 3.05) is 18.4 Å². The van der Waals surface area contributed by atoms with Gasteiger partial charge < -0.3 is 15.5 Å². The highest BCUT2D eigenvalue weighted by Gasteiger charge is 2.47. The third-order valence-corrected chi connectivity index (χ3v) is 6.09. The molecule has 5 nitrogen and oxygen atoms in total. The summed E-state index contributed by atoms with van der Waals surface area (Å²) in [7, 11) is 0. The van der Waals surface area contributed by atoms with Gasteiger partial charge in [-0.15, -0.1) is 0 Å². The molecule has 5 heteroatoms. The zero-order valence-electron chi connectivity index (χ0n) is 16.1. The number of amides is 3. The molecule has 1 saturated heterocycles. The van der Waals surface area contributed by atoms with Crippen molar-refractivity contribution in [3.8, 4) is 0 Å². The first-order valence-corrected chi connectivity index (χ1v) is 10.1. The van der Waals surface area contributed by atoms with E-state index in [0.717, 1.165) is 43.4 Å². The van der Waals surface area contributed by atoms with E-state index in [2.05, 4.69) is 22.8 Å². The highest BCUT2D eigenvalue weighted by Crippen LogP contribution is 2.45. The average molecular weight is 377 g/mol. The van der Waals surface area contributed by atoms with Gasteiger partial charge in [-0.3, -0.25) is 4.79 Å². The predicted octanol–water partition coefficient (Wildman–Crippen LogP) is 3.92. The zero-order chi connectivity index (χ0) is 19.4. The molecule has 2 N–H and O–H groups in total. The van der Waals surface area contributed by atoms with Crippen molar-refractivity contribution in [1.29, 1.82) is 0 Å². The molecule has 0 unspecified atom stereocenters. The molecule has 1 heterocycles. The van der Waals surface area contributed by atoms with Gasteiger partial charge in [0.25, 0.3) is 0 Å². The van der Waals surface area contributed by atoms with Crippen LogP contribution >= 0.6 is 0 Å². The van der Waals surface area contributed by atoms with Gasteiger partial charge >= 0.3 is 6.03 Å². The normalized spacial score (nSPS) is 18.8. The van der Waals surface area contributed by atoms with Crippen LogP contribution in [0.1, 0.15) is 37.7 Å². The number of hydrogen-bond acceptors (Lipinski definition) is 2. The highest BCUT2D eigenvalue weighted by molar-refractivity contribution is 5.90. The minimum absolute atomic E-state index is 0.0989. The quantitative estimate of drug-likeness (QED) is 0.848. The zero-order valence-corrected chi connectivity index (χ0v) is 16.1. The lowest BCUT2D eigenvalue weighted by atomic mass is 9.63. The smallest absolute Gasteiger partial charge is 0.319 e. The summed E-state index contributed by atoms with van der Waals surface area (Å²) in [6.07, 6.45) is 4.57. The molecule has 0 spiro atoms. The number of carbonyl (C=O) groups is 2. The summed E-state index contributed by atoms with van der Waals surface area (Å²) in [4.78, 5) is 27.5. The largest absolute Gasteiger partial charge is 0.342 e. The Morgan fingerprint density at radius 1 is 0.893 bits per heavy atom. The monoisotopic (exact) mass is 377 g/mol. The second-order valence-corrected chi connectivity index (χ2v) is 7.83. The Balaban J connectivity index is 1.31. The van der Waals surface area contributed by atoms with E-state index >= 15 is 0 Å². The SMILES string of the molecule is O=C(Nc1ccccc1)NC1CCN(C(=O)C2(c3ccccc3)CCC2)CC1. The van der Waals surface area contributed by atoms with Crippen LogP contribution in [0.3, 0.4) is 0 Å². The third-order valence-electron chi connectivity index (χ3n) is 6.09. The van der Waals surface area contributed by atoms with Crippen LogP contribution in [-0.2, 0) is 10.2 Å². The first kappa shape index (κ1) is 18.5. The van der Waals surface area contributed by atoms with Crippen LogP contribution in [-0.4, -0.2) is 36.0 Å². The van der Waals surface area contributed by atoms with Crippen LogP contribution in [0.4, 0.5) is 10.5 Å². The van der Waals surface area contributed by atoms with Gasteiger partial charge in [0.2, 0.25) is 5.91 Å². The number of rotatable bonds is 4. The molecule has 0 bridgehead atoms. The van der Waals surface area contributed by atoms with Crippen LogP contribution in [0, 0.1) is 0 Å². The van der Waals surface area contributed by atoms with Gasteiger partial charge in [-0.25, -0.2) is 4.79 Å². The first-order chi connectivity index (χ1) is 13.7. The van der Waals surface area contributed by atoms with E-state index in [1.807, 2.05) is 53.4 Å². The van der Waals surface area contributed by atoms with Crippen LogP contribution in [0.25, 0.3) is 0 Å². The van der Waals surface area contributed by atoms with Gasteiger partial charge in [-0.1, -0.05) is 55.0 Å². The first-order valence-electron chi connectivity index (χ1n) is 10.1. The number of nitrogens with one attached hydrogen (secondary N) is 2. The lowest BCUT2D eigenvalue weighted by Gasteiger charge is -2.45. The topological polar surface area (TPSA) is 61.4 Å². The van der Waals surface area contributed by atoms with E-state index in [4.69, 9.17) is 0 Å². The molecule has 0 atom stereocenters. The molecule has 4 rings (SSSR count). The molecule has 2 aliphatic rings. The van der Waals surface area contributed by atoms with Crippen molar-refractivity contribution in [3.63, 3.8) is 0 Å². The minimum Gasteiger partial charge on any atom is -0.342 e. The number of urea groups is 1. The summed E-state index contributed by atoms with van der Waals surface area (Å²) in [5, 5.41) is 5.89. The molecule has 1 saturated carbocycles. The van der Waals surface area contributed by atoms with Crippen molar-refractivity contribution in [3.05, 3.63) is 66.2 Å². The lowest BCUT2D eigenvalue weighted by molar-refractivity contribution is -0.142. The van der Waals surface area contributed by atoms with Gasteiger partial charge in [0.1, 0.15) is 0 Å². The van der Waals surface area contributed by atoms with Gasteiger partial charge in [-0.05, 0) is 43.4 Å². The van der Waals surface area contributed by atoms with Crippen molar-refractivity contribution in [2.24, 2.45) is 0 Å². The maximum atomic E-state index is 13.3. The average Bonchev–Trinajstić information content (AvgIpc) is 2.69. The summed E-state index contributed by atoms with van der Waals surface area (Å²) in [5.41, 5.74) is 1.60. The summed E-state index contributed by atoms with van der Waals surface area (Å²) >= 11 is 0. The molecule has 3 amide bonds. The molecule has 0 aromatic heterocycles. The molecular formula is C23H27N3O2. The van der Waals surface area contributed by atoms with Gasteiger partial charge in [0.15, 0.2) is 0 Å². The molecule has 28 heavy (non-hydrogen) atoms. The Labute approximate surface area is 166 Å². The van der Waals surface area contributed by atoms with Crippen molar-refractivity contribution < 1.29 is 9.59 Å². The number of para-hydroxylation sites is 1. The van der Waals surface area contributed by atoms with E-state index in [1.165, 1.54) is 0 Å². The molecule has 2 aromatic rings. The highest BCUT2D eigenvalue weighted by atomic mass is 16.2. The van der Waals surface area contributed by atoms with E-state index in [9.17, 15) is 9.59 Å². The van der Waals surface area contributed by atoms with Crippen molar-refractivity contribution in [2.45, 2.75) is 43.6 Å². The Kier molecular flexibility index (Phi) is 5.33. The molecule has 1 aliphatic heterocycles. The molecule has 0 radical (unpaired) electrons. The van der Waals surface area contributed by atoms with Crippen LogP contribution in [0.2, 0.25) is 0 Å². The summed E-state index contributed by atoms with van der Waals surface area (Å²) in [5.74, 6) is 0.261. The maximum absolute atomic E-state index is 13.3. The summed E-state index contributed by atoms with van der Waals surface area (Å²) < 4.78 is 0. The number of carbonyl (C=O) groups excluding carboxylic acids is 2. The second kappa shape index (κ2) is 8.05. The van der Waals surface area contributed by atoms with Crippen LogP contribution < -0.4 is 10.6 Å². The summed E-state index contributed by atoms with van der Waals surface area (Å²) in [6, 6.07) is 19.5. The molecular weight excluding hydrogens is 350 g/mol. The van der Waals surface area contributed by atoms with Gasteiger partial charge in [-0.2, -0.15) is 0 Å². The fourth-order valence-electron chi connectivity index (χ4n) is 4.32. The number of piperidine rings is 1. The van der Waals surface area contributed by atoms with Gasteiger partial charge in [0, 0.05) is 24.8 Å². The molecule has 146 valence electrons. The predicted molar refractivity (Wildman–Crippen MR) is 110 cm³/mol. The maximum Gasteiger partial charge on any atom is 0.319 e. The Hall–Kier alpha value is -2.82. The second-order valence-electron chi connectivity index (χ2n) is 7.83. The number of anilines is 1. The Morgan fingerprint density at radius 3 is 2.07 bits per heavy atom. The van der Waals surface area contributed by atoms with E-state index in [-0.39, 0.29) is 23.4 Å². The van der Waals surface area contributed by atoms with Crippen molar-refractivity contribution in [1.82, 2.24) is 10.2 Å². The van der Waals surface area contributed by atoms with Crippen molar-refractivity contribution >= 4 is 17.6 Å². The van der Waals surface area contributed by atoms with Crippen LogP contribution in [0.5, 0.6) is 0 Å². The molecule has 1 aliphatic carbocycles. The molecule has 2 aromatic carbocycles. The summed E-state index contributed by atoms with van der Waals surface area (Å²) in [6.45, 7) is 1.40. The fourth-order valence-corrected chi connectivity index (χ4v) is 4.32. The number of hydrogen-bond donors (Lipinski definition) is 2. The number of benzene rings is 2. The number of likely N-dealkylation sites (tertiary alicyclic amines) is 1. The Bertz CT molecular complexity index is 810. The fraction of sp³-hybridized carbons (Fsp3) is 0.391. The number of nitrogens with zero attached hydrogens (tertiary/aromatic N) is 1. The van der Waals surface area contributed by atoms with Crippen LogP contribution in [0.15, 0.2) is 60.7 Å².